The molecule has 27 nitrogen and oxygen atoms in total. The zero-order chi connectivity index (χ0) is 82.1. The van der Waals surface area contributed by atoms with Crippen molar-refractivity contribution in [2.75, 3.05) is 29.2 Å². The van der Waals surface area contributed by atoms with Gasteiger partial charge in [0.1, 0.15) is 76.5 Å². The van der Waals surface area contributed by atoms with Gasteiger partial charge in [-0.25, -0.2) is 4.99 Å². The Balaban J connectivity index is 0.000000127. The SMILES string of the molecule is Cc1sc2c(c1C)C(c1ccc(Cl)cc1)=N[C@@H](CC(=O)Nc1ccc3c(c1)CO/C3=N/O)c1nnc(C)n1-2.Cc1sc2c(c1C)C(c1ccc(Cl)cc1)=N[C@@H](CC(=O)Nc1ccc3c(c1)COC3=NC#N)c1nnc(C)n1-2.Cc1sc2c(c1C)C(c1ccc(Cl)cc1)=N[C@@H](CC(=O)Nc1ccc3c(c1)COC3=NC1COC1)c1nnc(C)n1-2. The van der Waals surface area contributed by atoms with E-state index < -0.39 is 18.1 Å². The van der Waals surface area contributed by atoms with Gasteiger partial charge in [0.15, 0.2) is 17.5 Å². The Morgan fingerprint density at radius 3 is 1.11 bits per heavy atom. The van der Waals surface area contributed by atoms with E-state index in [9.17, 15) is 14.4 Å². The first-order chi connectivity index (χ1) is 57.0. The third kappa shape index (κ3) is 15.1. The minimum absolute atomic E-state index is 0.0664. The van der Waals surface area contributed by atoms with E-state index in [1.807, 2.05) is 138 Å². The summed E-state index contributed by atoms with van der Waals surface area (Å²) >= 11 is 23.6. The number of hydrogen-bond acceptors (Lipinski definition) is 24. The highest BCUT2D eigenvalue weighted by molar-refractivity contribution is 7.16. The average Bonchev–Trinajstić information content (AvgIpc) is 1.60. The molecular formula is C85H72Cl3N19O8S3. The second kappa shape index (κ2) is 32.4. The molecule has 7 aliphatic heterocycles. The zero-order valence-corrected chi connectivity index (χ0v) is 69.6. The van der Waals surface area contributed by atoms with Crippen LogP contribution in [-0.2, 0) is 53.2 Å². The Labute approximate surface area is 703 Å². The van der Waals surface area contributed by atoms with Gasteiger partial charge in [-0.05, 0) is 175 Å². The number of benzene rings is 6. The zero-order valence-electron chi connectivity index (χ0n) is 64.9. The quantitative estimate of drug-likeness (QED) is 0.0473. The highest BCUT2D eigenvalue weighted by atomic mass is 35.5. The standard InChI is InChI=1S/C30H27ClN6O3S.C28H22ClN7O2S.C27H23ClN6O3S/c1-15-16(2)41-30-26(15)27(18-4-6-20(31)7-5-18)34-24(28-36-35-17(3)37(28)30)11-25(38)32-21-8-9-23-19(10-21)12-40-29(23)33-22-13-39-14-22;1-14-15(2)39-28-24(14)25(17-4-6-19(29)7-5-17)33-22(26-35-34-16(3)36(26)28)11-23(37)32-20-8-9-21-18(10-20)12-38-27(21)31-13-30;1-13-14(2)38-27-23(13)24(16-4-6-18(28)7-5-16)30-21(25-32-31-15(3)34(25)27)11-22(35)29-19-8-9-20-17(10-19)12-37-26(20)33-36/h4-10,22,24H,11-14H2,1-3H3,(H,32,38);4-10,22H,11-12H2,1-3H3,(H,32,37);4-10,21,36H,11-12H2,1-3H3,(H,29,35)/b;;33-26+/t24-;22-;21-/m000/s1. The molecule has 0 spiro atoms. The Morgan fingerprint density at radius 1 is 0.466 bits per heavy atom. The van der Waals surface area contributed by atoms with Crippen LogP contribution in [0.3, 0.4) is 0 Å². The molecule has 1 fully saturated rings. The molecule has 1 saturated heterocycles. The van der Waals surface area contributed by atoms with E-state index in [0.717, 1.165) is 127 Å². The normalized spacial score (nSPS) is 17.3. The van der Waals surface area contributed by atoms with Crippen molar-refractivity contribution < 1.29 is 38.5 Å². The largest absolute Gasteiger partial charge is 0.473 e. The number of ether oxygens (including phenoxy) is 4. The van der Waals surface area contributed by atoms with Crippen LogP contribution in [0.4, 0.5) is 17.1 Å². The molecule has 7 aliphatic rings. The third-order valence-electron chi connectivity index (χ3n) is 21.3. The molecule has 6 aromatic carbocycles. The fourth-order valence-corrected chi connectivity index (χ4v) is 19.0. The molecule has 0 aliphatic carbocycles. The van der Waals surface area contributed by atoms with Crippen LogP contribution in [0, 0.1) is 73.8 Å². The lowest BCUT2D eigenvalue weighted by molar-refractivity contribution is -0.117. The predicted octanol–water partition coefficient (Wildman–Crippen LogP) is 16.6. The molecule has 13 heterocycles. The van der Waals surface area contributed by atoms with Crippen molar-refractivity contribution in [3.63, 3.8) is 0 Å². The van der Waals surface area contributed by atoms with Crippen molar-refractivity contribution in [3.8, 4) is 21.2 Å². The van der Waals surface area contributed by atoms with Gasteiger partial charge in [-0.3, -0.25) is 43.1 Å². The molecule has 0 saturated carbocycles. The predicted molar refractivity (Wildman–Crippen MR) is 455 cm³/mol. The topological polar surface area (TPSA) is 335 Å². The van der Waals surface area contributed by atoms with Crippen molar-refractivity contribution in [1.82, 2.24) is 44.3 Å². The third-order valence-corrected chi connectivity index (χ3v) is 25.7. The lowest BCUT2D eigenvalue weighted by Gasteiger charge is -2.22. The average molecular weight is 1690 g/mol. The minimum Gasteiger partial charge on any atom is -0.473 e. The van der Waals surface area contributed by atoms with Crippen LogP contribution >= 0.6 is 68.8 Å². The summed E-state index contributed by atoms with van der Waals surface area (Å²) in [5.41, 5.74) is 18.7. The Morgan fingerprint density at radius 2 is 0.788 bits per heavy atom. The molecule has 19 rings (SSSR count). The lowest BCUT2D eigenvalue weighted by Crippen LogP contribution is -2.32. The molecule has 3 atom stereocenters. The molecule has 0 radical (unpaired) electrons. The summed E-state index contributed by atoms with van der Waals surface area (Å²) in [6.45, 7) is 20.6. The number of aliphatic imine (C=N–C) groups is 5. The first-order valence-corrected chi connectivity index (χ1v) is 41.2. The smallest absolute Gasteiger partial charge is 0.258 e. The Hall–Kier alpha value is -12.2. The van der Waals surface area contributed by atoms with Gasteiger partial charge in [0, 0.05) is 114 Å². The maximum atomic E-state index is 13.5. The van der Waals surface area contributed by atoms with Gasteiger partial charge in [0.05, 0.1) is 49.6 Å². The highest BCUT2D eigenvalue weighted by Crippen LogP contribution is 2.45. The number of aromatic nitrogens is 9. The molecule has 4 N–H and O–H groups in total. The summed E-state index contributed by atoms with van der Waals surface area (Å²) in [5, 5.41) is 61.5. The number of amides is 3. The van der Waals surface area contributed by atoms with Crippen molar-refractivity contribution in [1.29, 1.82) is 5.26 Å². The van der Waals surface area contributed by atoms with E-state index in [0.29, 0.717) is 93.4 Å². The van der Waals surface area contributed by atoms with Gasteiger partial charge in [-0.1, -0.05) is 71.2 Å². The number of nitrogens with zero attached hydrogens (tertiary/aromatic N) is 16. The number of nitriles is 1. The summed E-state index contributed by atoms with van der Waals surface area (Å²) in [6.07, 6.45) is 1.99. The number of fused-ring (bicyclic) bond motifs is 12. The number of thiophene rings is 3. The van der Waals surface area contributed by atoms with E-state index in [2.05, 4.69) is 103 Å². The summed E-state index contributed by atoms with van der Waals surface area (Å²) in [4.78, 5) is 67.5. The van der Waals surface area contributed by atoms with Crippen LogP contribution in [0.1, 0.15) is 170 Å². The van der Waals surface area contributed by atoms with E-state index in [1.54, 1.807) is 64.5 Å². The Kier molecular flexibility index (Phi) is 21.5. The first-order valence-electron chi connectivity index (χ1n) is 37.6. The fraction of sp³-hybridized carbons (Fsp3) is 0.247. The fourth-order valence-electron chi connectivity index (χ4n) is 15.0. The summed E-state index contributed by atoms with van der Waals surface area (Å²) in [5.74, 6) is 4.62. The molecule has 594 valence electrons. The number of hydrogen-bond donors (Lipinski definition) is 4. The number of anilines is 3. The molecule has 33 heteroatoms. The van der Waals surface area contributed by atoms with Crippen LogP contribution in [0.5, 0.6) is 0 Å². The van der Waals surface area contributed by atoms with Crippen LogP contribution < -0.4 is 16.0 Å². The number of carbonyl (C=O) groups is 3. The monoisotopic (exact) mass is 1690 g/mol. The van der Waals surface area contributed by atoms with Crippen LogP contribution in [0.2, 0.25) is 15.1 Å². The maximum absolute atomic E-state index is 13.5. The number of carbonyl (C=O) groups excluding carboxylic acids is 3. The van der Waals surface area contributed by atoms with Gasteiger partial charge in [-0.15, -0.1) is 69.6 Å². The second-order valence-electron chi connectivity index (χ2n) is 29.0. The molecule has 0 bridgehead atoms. The first kappa shape index (κ1) is 78.3. The molecule has 3 amide bonds. The van der Waals surface area contributed by atoms with E-state index in [-0.39, 0.29) is 55.5 Å². The van der Waals surface area contributed by atoms with Gasteiger partial charge in [0.25, 0.3) is 5.90 Å². The number of halogens is 3. The summed E-state index contributed by atoms with van der Waals surface area (Å²) in [7, 11) is 0. The number of nitrogens with one attached hydrogen (secondary N) is 3. The highest BCUT2D eigenvalue weighted by Gasteiger charge is 2.38. The Bertz CT molecular complexity index is 6360. The van der Waals surface area contributed by atoms with Crippen molar-refractivity contribution >= 4 is 138 Å². The second-order valence-corrected chi connectivity index (χ2v) is 33.9. The molecule has 12 aromatic rings. The van der Waals surface area contributed by atoms with Crippen LogP contribution in [0.15, 0.2) is 158 Å². The van der Waals surface area contributed by atoms with Crippen molar-refractivity contribution in [3.05, 3.63) is 275 Å². The molecule has 0 unspecified atom stereocenters. The van der Waals surface area contributed by atoms with Crippen molar-refractivity contribution in [2.24, 2.45) is 30.1 Å². The molecular weight excluding hydrogens is 1620 g/mol. The van der Waals surface area contributed by atoms with E-state index in [1.165, 1.54) is 14.6 Å². The maximum Gasteiger partial charge on any atom is 0.258 e. The van der Waals surface area contributed by atoms with Gasteiger partial charge in [-0.2, -0.15) is 5.26 Å². The minimum atomic E-state index is -0.566. The van der Waals surface area contributed by atoms with Crippen molar-refractivity contribution in [2.45, 2.75) is 126 Å². The van der Waals surface area contributed by atoms with E-state index >= 15 is 0 Å². The number of rotatable bonds is 13. The summed E-state index contributed by atoms with van der Waals surface area (Å²) in [6, 6.07) is 37.8. The van der Waals surface area contributed by atoms with Crippen LogP contribution in [-0.4, -0.2) is 121 Å². The summed E-state index contributed by atoms with van der Waals surface area (Å²) < 4.78 is 27.9. The van der Waals surface area contributed by atoms with Gasteiger partial charge < -0.3 is 40.1 Å². The van der Waals surface area contributed by atoms with Gasteiger partial charge >= 0.3 is 0 Å². The molecule has 118 heavy (non-hydrogen) atoms. The molecule has 6 aromatic heterocycles. The number of oxime groups is 1. The van der Waals surface area contributed by atoms with E-state index in [4.69, 9.17) is 79.2 Å². The number of aryl methyl sites for hydroxylation is 6. The van der Waals surface area contributed by atoms with Crippen LogP contribution in [0.25, 0.3) is 15.0 Å². The van der Waals surface area contributed by atoms with Gasteiger partial charge in [0.2, 0.25) is 35.7 Å². The lowest BCUT2D eigenvalue weighted by atomic mass is 9.99.